The third kappa shape index (κ3) is 3.58. The molecule has 0 fully saturated rings. The molecule has 0 aliphatic heterocycles. The Hall–Kier alpha value is -1.87. The van der Waals surface area contributed by atoms with E-state index in [9.17, 15) is 4.79 Å². The predicted molar refractivity (Wildman–Crippen MR) is 80.9 cm³/mol. The number of pyridine rings is 1. The van der Waals surface area contributed by atoms with Gasteiger partial charge in [0, 0.05) is 11.8 Å². The fraction of sp³-hybridized carbons (Fsp3) is 0.250. The minimum absolute atomic E-state index is 0.0552. The molecule has 1 N–H and O–H groups in total. The minimum atomic E-state index is -0.152. The van der Waals surface area contributed by atoms with Crippen molar-refractivity contribution in [3.63, 3.8) is 0 Å². The first-order valence-corrected chi connectivity index (χ1v) is 6.99. The average Bonchev–Trinajstić information content (AvgIpc) is 2.47. The first-order chi connectivity index (χ1) is 9.60. The fourth-order valence-electron chi connectivity index (χ4n) is 1.95. The molecular formula is C16H17ClN2O. The van der Waals surface area contributed by atoms with Crippen LogP contribution in [0.1, 0.15) is 41.4 Å². The van der Waals surface area contributed by atoms with E-state index in [1.165, 1.54) is 11.8 Å². The molecule has 4 heteroatoms. The highest BCUT2D eigenvalue weighted by Crippen LogP contribution is 2.15. The zero-order valence-corrected chi connectivity index (χ0v) is 12.3. The molecule has 0 saturated carbocycles. The van der Waals surface area contributed by atoms with Crippen LogP contribution in [0.3, 0.4) is 0 Å². The van der Waals surface area contributed by atoms with Gasteiger partial charge in [-0.2, -0.15) is 0 Å². The first kappa shape index (κ1) is 14.5. The van der Waals surface area contributed by atoms with Gasteiger partial charge in [-0.3, -0.25) is 4.79 Å². The molecule has 2 aromatic rings. The van der Waals surface area contributed by atoms with Gasteiger partial charge in [0.05, 0.1) is 6.04 Å². The van der Waals surface area contributed by atoms with Crippen LogP contribution in [-0.4, -0.2) is 10.9 Å². The number of hydrogen-bond donors (Lipinski definition) is 1. The van der Waals surface area contributed by atoms with E-state index < -0.39 is 0 Å². The van der Waals surface area contributed by atoms with Gasteiger partial charge in [0.2, 0.25) is 0 Å². The summed E-state index contributed by atoms with van der Waals surface area (Å²) in [5.41, 5.74) is 2.88. The van der Waals surface area contributed by atoms with Gasteiger partial charge >= 0.3 is 0 Å². The maximum absolute atomic E-state index is 12.1. The maximum atomic E-state index is 12.1. The number of amides is 1. The van der Waals surface area contributed by atoms with Gasteiger partial charge in [0.25, 0.3) is 5.91 Å². The summed E-state index contributed by atoms with van der Waals surface area (Å²) in [7, 11) is 0. The van der Waals surface area contributed by atoms with Crippen molar-refractivity contribution in [2.75, 3.05) is 0 Å². The van der Waals surface area contributed by atoms with Gasteiger partial charge in [-0.1, -0.05) is 42.8 Å². The number of hydrogen-bond acceptors (Lipinski definition) is 2. The van der Waals surface area contributed by atoms with Crippen LogP contribution in [0.5, 0.6) is 0 Å². The number of benzene rings is 1. The van der Waals surface area contributed by atoms with Crippen molar-refractivity contribution in [2.24, 2.45) is 0 Å². The second-order valence-corrected chi connectivity index (χ2v) is 5.04. The lowest BCUT2D eigenvalue weighted by Crippen LogP contribution is -2.26. The monoisotopic (exact) mass is 288 g/mol. The third-order valence-corrected chi connectivity index (χ3v) is 3.43. The largest absolute Gasteiger partial charge is 0.346 e. The van der Waals surface area contributed by atoms with E-state index >= 15 is 0 Å². The second kappa shape index (κ2) is 6.53. The van der Waals surface area contributed by atoms with Crippen molar-refractivity contribution < 1.29 is 4.79 Å². The van der Waals surface area contributed by atoms with Crippen LogP contribution in [0.2, 0.25) is 5.15 Å². The van der Waals surface area contributed by atoms with Crippen LogP contribution >= 0.6 is 11.6 Å². The second-order valence-electron chi connectivity index (χ2n) is 4.66. The van der Waals surface area contributed by atoms with E-state index in [1.54, 1.807) is 12.1 Å². The highest BCUT2D eigenvalue weighted by molar-refractivity contribution is 6.29. The smallest absolute Gasteiger partial charge is 0.251 e. The van der Waals surface area contributed by atoms with Crippen LogP contribution in [0.4, 0.5) is 0 Å². The lowest BCUT2D eigenvalue weighted by atomic mass is 10.0. The Morgan fingerprint density at radius 3 is 2.60 bits per heavy atom. The molecule has 1 aromatic heterocycles. The van der Waals surface area contributed by atoms with Gasteiger partial charge in [-0.05, 0) is 36.6 Å². The Kier molecular flexibility index (Phi) is 4.74. The number of carbonyl (C=O) groups excluding carboxylic acids is 1. The van der Waals surface area contributed by atoms with Crippen molar-refractivity contribution in [3.05, 3.63) is 64.4 Å². The zero-order valence-electron chi connectivity index (χ0n) is 11.6. The summed E-state index contributed by atoms with van der Waals surface area (Å²) in [6.07, 6.45) is 2.54. The summed E-state index contributed by atoms with van der Waals surface area (Å²) in [4.78, 5) is 16.0. The fourth-order valence-corrected chi connectivity index (χ4v) is 2.12. The average molecular weight is 289 g/mol. The van der Waals surface area contributed by atoms with Crippen LogP contribution < -0.4 is 5.32 Å². The maximum Gasteiger partial charge on any atom is 0.251 e. The number of aryl methyl sites for hydroxylation is 1. The molecule has 1 atom stereocenters. The predicted octanol–water partition coefficient (Wildman–Crippen LogP) is 3.79. The van der Waals surface area contributed by atoms with Crippen molar-refractivity contribution >= 4 is 17.5 Å². The number of carbonyl (C=O) groups is 1. The molecule has 2 rings (SSSR count). The van der Waals surface area contributed by atoms with Crippen molar-refractivity contribution in [2.45, 2.75) is 26.3 Å². The number of halogens is 1. The topological polar surface area (TPSA) is 42.0 Å². The van der Waals surface area contributed by atoms with Gasteiger partial charge in [0.15, 0.2) is 0 Å². The molecule has 0 saturated heterocycles. The number of rotatable bonds is 4. The molecule has 0 aliphatic rings. The first-order valence-electron chi connectivity index (χ1n) is 6.61. The van der Waals surface area contributed by atoms with Crippen molar-refractivity contribution in [1.29, 1.82) is 0 Å². The molecule has 1 heterocycles. The summed E-state index contributed by atoms with van der Waals surface area (Å²) in [5.74, 6) is -0.152. The molecule has 20 heavy (non-hydrogen) atoms. The van der Waals surface area contributed by atoms with E-state index in [2.05, 4.69) is 29.4 Å². The normalized spacial score (nSPS) is 11.9. The van der Waals surface area contributed by atoms with Crippen LogP contribution in [0.25, 0.3) is 0 Å². The van der Waals surface area contributed by atoms with E-state index in [4.69, 9.17) is 11.6 Å². The van der Waals surface area contributed by atoms with Gasteiger partial charge in [-0.15, -0.1) is 0 Å². The number of nitrogens with zero attached hydrogens (tertiary/aromatic N) is 1. The minimum Gasteiger partial charge on any atom is -0.346 e. The van der Waals surface area contributed by atoms with E-state index in [-0.39, 0.29) is 11.9 Å². The lowest BCUT2D eigenvalue weighted by Gasteiger charge is -2.15. The van der Waals surface area contributed by atoms with Gasteiger partial charge in [0.1, 0.15) is 5.15 Å². The third-order valence-electron chi connectivity index (χ3n) is 3.22. The molecule has 0 spiro atoms. The quantitative estimate of drug-likeness (QED) is 0.870. The standard InChI is InChI=1S/C16H17ClN2O/c1-3-12-4-6-13(7-5-12)11(2)19-16(20)14-8-9-18-15(17)10-14/h4-11H,3H2,1-2H3,(H,19,20). The number of nitrogens with one attached hydrogen (secondary N) is 1. The van der Waals surface area contributed by atoms with Crippen LogP contribution in [0, 0.1) is 0 Å². The highest BCUT2D eigenvalue weighted by atomic mass is 35.5. The summed E-state index contributed by atoms with van der Waals surface area (Å²) in [6, 6.07) is 11.4. The summed E-state index contributed by atoms with van der Waals surface area (Å²) >= 11 is 5.78. The Labute approximate surface area is 124 Å². The molecule has 0 radical (unpaired) electrons. The Bertz CT molecular complexity index is 596. The molecule has 1 unspecified atom stereocenters. The van der Waals surface area contributed by atoms with Crippen LogP contribution in [-0.2, 0) is 6.42 Å². The van der Waals surface area contributed by atoms with Crippen molar-refractivity contribution in [3.8, 4) is 0 Å². The molecular weight excluding hydrogens is 272 g/mol. The molecule has 104 valence electrons. The zero-order chi connectivity index (χ0) is 14.5. The summed E-state index contributed by atoms with van der Waals surface area (Å²) in [5, 5.41) is 3.27. The Balaban J connectivity index is 2.06. The van der Waals surface area contributed by atoms with E-state index in [1.807, 2.05) is 19.1 Å². The molecule has 0 bridgehead atoms. The summed E-state index contributed by atoms with van der Waals surface area (Å²) < 4.78 is 0. The van der Waals surface area contributed by atoms with Crippen molar-refractivity contribution in [1.82, 2.24) is 10.3 Å². The van der Waals surface area contributed by atoms with Gasteiger partial charge in [-0.25, -0.2) is 4.98 Å². The molecule has 1 aromatic carbocycles. The summed E-state index contributed by atoms with van der Waals surface area (Å²) in [6.45, 7) is 4.08. The van der Waals surface area contributed by atoms with E-state index in [0.717, 1.165) is 12.0 Å². The SMILES string of the molecule is CCc1ccc(C(C)NC(=O)c2ccnc(Cl)c2)cc1. The number of aromatic nitrogens is 1. The van der Waals surface area contributed by atoms with Crippen LogP contribution in [0.15, 0.2) is 42.6 Å². The van der Waals surface area contributed by atoms with E-state index in [0.29, 0.717) is 10.7 Å². The highest BCUT2D eigenvalue weighted by Gasteiger charge is 2.11. The molecule has 1 amide bonds. The molecule has 0 aliphatic carbocycles. The Morgan fingerprint density at radius 1 is 1.30 bits per heavy atom. The lowest BCUT2D eigenvalue weighted by molar-refractivity contribution is 0.0940. The Morgan fingerprint density at radius 2 is 2.00 bits per heavy atom. The molecule has 3 nitrogen and oxygen atoms in total. The van der Waals surface area contributed by atoms with Gasteiger partial charge < -0.3 is 5.32 Å².